The summed E-state index contributed by atoms with van der Waals surface area (Å²) in [4.78, 5) is 0. The Kier molecular flexibility index (Phi) is 3.71. The average molecular weight is 209 g/mol. The van der Waals surface area contributed by atoms with Crippen molar-refractivity contribution < 1.29 is 0 Å². The molecule has 0 aromatic rings. The summed E-state index contributed by atoms with van der Waals surface area (Å²) in [5, 5.41) is 3.85. The fourth-order valence-electron chi connectivity index (χ4n) is 3.16. The van der Waals surface area contributed by atoms with E-state index in [1.165, 1.54) is 38.5 Å². The molecule has 0 saturated heterocycles. The monoisotopic (exact) mass is 209 g/mol. The third kappa shape index (κ3) is 2.96. The highest BCUT2D eigenvalue weighted by Crippen LogP contribution is 2.36. The number of hydrogen-bond acceptors (Lipinski definition) is 1. The minimum atomic E-state index is 0.849. The molecular weight excluding hydrogens is 182 g/mol. The highest BCUT2D eigenvalue weighted by molar-refractivity contribution is 4.94. The lowest BCUT2D eigenvalue weighted by Gasteiger charge is -2.31. The number of nitrogens with one attached hydrogen (secondary N) is 1. The van der Waals surface area contributed by atoms with Crippen LogP contribution in [0.5, 0.6) is 0 Å². The molecule has 0 amide bonds. The fraction of sp³-hybridized carbons (Fsp3) is 1.00. The summed E-state index contributed by atoms with van der Waals surface area (Å²) in [6.45, 7) is 7.08. The molecule has 88 valence electrons. The molecule has 2 fully saturated rings. The van der Waals surface area contributed by atoms with Gasteiger partial charge in [0.2, 0.25) is 0 Å². The van der Waals surface area contributed by atoms with Crippen molar-refractivity contribution >= 4 is 0 Å². The van der Waals surface area contributed by atoms with E-state index in [-0.39, 0.29) is 0 Å². The maximum atomic E-state index is 3.85. The van der Waals surface area contributed by atoms with E-state index >= 15 is 0 Å². The van der Waals surface area contributed by atoms with E-state index in [1.54, 1.807) is 0 Å². The van der Waals surface area contributed by atoms with Crippen molar-refractivity contribution in [2.45, 2.75) is 71.4 Å². The van der Waals surface area contributed by atoms with Crippen molar-refractivity contribution in [1.82, 2.24) is 5.32 Å². The van der Waals surface area contributed by atoms with Gasteiger partial charge in [-0.2, -0.15) is 0 Å². The first kappa shape index (κ1) is 11.4. The smallest absolute Gasteiger partial charge is 0.0102 e. The lowest BCUT2D eigenvalue weighted by Crippen LogP contribution is -2.36. The van der Waals surface area contributed by atoms with Crippen LogP contribution in [0.3, 0.4) is 0 Å². The zero-order valence-electron chi connectivity index (χ0n) is 10.6. The average Bonchev–Trinajstić information content (AvgIpc) is 2.97. The summed E-state index contributed by atoms with van der Waals surface area (Å²) in [6.07, 6.45) is 8.59. The quantitative estimate of drug-likeness (QED) is 0.746. The minimum absolute atomic E-state index is 0.849. The Morgan fingerprint density at radius 2 is 1.80 bits per heavy atom. The highest BCUT2D eigenvalue weighted by atomic mass is 15.0. The Balaban J connectivity index is 1.66. The van der Waals surface area contributed by atoms with Gasteiger partial charge in [0.15, 0.2) is 0 Å². The summed E-state index contributed by atoms with van der Waals surface area (Å²) < 4.78 is 0. The van der Waals surface area contributed by atoms with Gasteiger partial charge in [-0.25, -0.2) is 0 Å². The molecule has 15 heavy (non-hydrogen) atoms. The van der Waals surface area contributed by atoms with E-state index in [9.17, 15) is 0 Å². The van der Waals surface area contributed by atoms with Gasteiger partial charge >= 0.3 is 0 Å². The first-order chi connectivity index (χ1) is 7.20. The van der Waals surface area contributed by atoms with Gasteiger partial charge in [-0.1, -0.05) is 27.2 Å². The van der Waals surface area contributed by atoms with Crippen LogP contribution >= 0.6 is 0 Å². The minimum Gasteiger partial charge on any atom is -0.311 e. The summed E-state index contributed by atoms with van der Waals surface area (Å²) in [7, 11) is 0. The third-order valence-electron chi connectivity index (χ3n) is 4.61. The SMILES string of the molecule is CCC1CC1NC1CCC(C(C)C)CC1. The van der Waals surface area contributed by atoms with Crippen LogP contribution in [-0.4, -0.2) is 12.1 Å². The van der Waals surface area contributed by atoms with E-state index < -0.39 is 0 Å². The van der Waals surface area contributed by atoms with E-state index in [0.29, 0.717) is 0 Å². The second-order valence-corrected chi connectivity index (χ2v) is 6.03. The third-order valence-corrected chi connectivity index (χ3v) is 4.61. The van der Waals surface area contributed by atoms with E-state index in [1.807, 2.05) is 0 Å². The Bertz CT molecular complexity index is 192. The van der Waals surface area contributed by atoms with Gasteiger partial charge in [-0.15, -0.1) is 0 Å². The Labute approximate surface area is 95.0 Å². The van der Waals surface area contributed by atoms with Crippen LogP contribution in [0, 0.1) is 17.8 Å². The molecule has 0 aliphatic heterocycles. The van der Waals surface area contributed by atoms with Crippen LogP contribution in [0.15, 0.2) is 0 Å². The first-order valence-electron chi connectivity index (χ1n) is 6.96. The van der Waals surface area contributed by atoms with Crippen molar-refractivity contribution in [2.75, 3.05) is 0 Å². The van der Waals surface area contributed by atoms with Gasteiger partial charge in [-0.05, 0) is 49.9 Å². The number of hydrogen-bond donors (Lipinski definition) is 1. The first-order valence-corrected chi connectivity index (χ1v) is 6.96. The van der Waals surface area contributed by atoms with Gasteiger partial charge < -0.3 is 5.32 Å². The van der Waals surface area contributed by atoms with Crippen LogP contribution in [0.4, 0.5) is 0 Å². The molecule has 2 atom stereocenters. The van der Waals surface area contributed by atoms with Crippen LogP contribution in [-0.2, 0) is 0 Å². The van der Waals surface area contributed by atoms with Crippen LogP contribution in [0.2, 0.25) is 0 Å². The van der Waals surface area contributed by atoms with Crippen molar-refractivity contribution in [3.05, 3.63) is 0 Å². The standard InChI is InChI=1S/C14H27N/c1-4-11-9-14(11)15-13-7-5-12(6-8-13)10(2)3/h10-15H,4-9H2,1-3H3. The molecule has 2 aliphatic carbocycles. The molecule has 2 rings (SSSR count). The summed E-state index contributed by atoms with van der Waals surface area (Å²) in [6, 6.07) is 1.73. The molecule has 0 heterocycles. The molecule has 1 nitrogen and oxygen atoms in total. The molecule has 2 aliphatic rings. The van der Waals surface area contributed by atoms with Crippen molar-refractivity contribution in [2.24, 2.45) is 17.8 Å². The molecule has 1 heteroatoms. The van der Waals surface area contributed by atoms with E-state index in [2.05, 4.69) is 26.1 Å². The summed E-state index contributed by atoms with van der Waals surface area (Å²) in [5.41, 5.74) is 0. The molecular formula is C14H27N. The van der Waals surface area contributed by atoms with Crippen molar-refractivity contribution in [1.29, 1.82) is 0 Å². The summed E-state index contributed by atoms with van der Waals surface area (Å²) in [5.74, 6) is 2.91. The van der Waals surface area contributed by atoms with E-state index in [4.69, 9.17) is 0 Å². The summed E-state index contributed by atoms with van der Waals surface area (Å²) >= 11 is 0. The normalized spacial score (nSPS) is 40.8. The van der Waals surface area contributed by atoms with Gasteiger partial charge in [0.05, 0.1) is 0 Å². The lowest BCUT2D eigenvalue weighted by molar-refractivity contribution is 0.236. The van der Waals surface area contributed by atoms with Crippen LogP contribution in [0.1, 0.15) is 59.3 Å². The fourth-order valence-corrected chi connectivity index (χ4v) is 3.16. The Morgan fingerprint density at radius 3 is 2.27 bits per heavy atom. The Hall–Kier alpha value is -0.0400. The maximum absolute atomic E-state index is 3.85. The Morgan fingerprint density at radius 1 is 1.13 bits per heavy atom. The second kappa shape index (κ2) is 4.86. The van der Waals surface area contributed by atoms with Crippen molar-refractivity contribution in [3.63, 3.8) is 0 Å². The van der Waals surface area contributed by atoms with E-state index in [0.717, 1.165) is 29.8 Å². The molecule has 0 bridgehead atoms. The lowest BCUT2D eigenvalue weighted by atomic mass is 9.79. The van der Waals surface area contributed by atoms with Crippen LogP contribution < -0.4 is 5.32 Å². The predicted octanol–water partition coefficient (Wildman–Crippen LogP) is 3.59. The van der Waals surface area contributed by atoms with Gasteiger partial charge in [0.25, 0.3) is 0 Å². The molecule has 0 radical (unpaired) electrons. The second-order valence-electron chi connectivity index (χ2n) is 6.03. The maximum Gasteiger partial charge on any atom is 0.0102 e. The highest BCUT2D eigenvalue weighted by Gasteiger charge is 2.37. The zero-order valence-corrected chi connectivity index (χ0v) is 10.6. The van der Waals surface area contributed by atoms with Crippen molar-refractivity contribution in [3.8, 4) is 0 Å². The predicted molar refractivity (Wildman–Crippen MR) is 65.9 cm³/mol. The topological polar surface area (TPSA) is 12.0 Å². The van der Waals surface area contributed by atoms with Gasteiger partial charge in [0.1, 0.15) is 0 Å². The molecule has 1 N–H and O–H groups in total. The molecule has 0 aromatic heterocycles. The van der Waals surface area contributed by atoms with Gasteiger partial charge in [-0.3, -0.25) is 0 Å². The number of rotatable bonds is 4. The van der Waals surface area contributed by atoms with Crippen LogP contribution in [0.25, 0.3) is 0 Å². The zero-order chi connectivity index (χ0) is 10.8. The van der Waals surface area contributed by atoms with Gasteiger partial charge in [0, 0.05) is 12.1 Å². The molecule has 0 spiro atoms. The molecule has 2 unspecified atom stereocenters. The molecule has 0 aromatic carbocycles. The molecule has 2 saturated carbocycles. The largest absolute Gasteiger partial charge is 0.311 e.